The van der Waals surface area contributed by atoms with Gasteiger partial charge in [-0.25, -0.2) is 16.8 Å². The van der Waals surface area contributed by atoms with Gasteiger partial charge in [-0.15, -0.1) is 11.3 Å². The highest BCUT2D eigenvalue weighted by molar-refractivity contribution is 7.97. The van der Waals surface area contributed by atoms with E-state index in [1.165, 1.54) is 6.07 Å². The summed E-state index contributed by atoms with van der Waals surface area (Å²) >= 11 is 1.12. The zero-order chi connectivity index (χ0) is 17.4. The maximum atomic E-state index is 12.8. The Balaban J connectivity index is 1.81. The number of thiophene rings is 1. The largest absolute Gasteiger partial charge is 0.308 e. The van der Waals surface area contributed by atoms with Crippen molar-refractivity contribution in [1.82, 2.24) is 5.32 Å². The van der Waals surface area contributed by atoms with Gasteiger partial charge in [0, 0.05) is 12.6 Å². The van der Waals surface area contributed by atoms with Crippen LogP contribution in [0.15, 0.2) is 46.0 Å². The van der Waals surface area contributed by atoms with Gasteiger partial charge in [-0.1, -0.05) is 35.9 Å². The molecule has 0 bridgehead atoms. The van der Waals surface area contributed by atoms with Crippen molar-refractivity contribution < 1.29 is 16.8 Å². The van der Waals surface area contributed by atoms with Gasteiger partial charge in [0.1, 0.15) is 4.21 Å². The molecule has 8 heteroatoms. The van der Waals surface area contributed by atoms with Gasteiger partial charge < -0.3 is 5.32 Å². The second kappa shape index (κ2) is 6.59. The Kier molecular flexibility index (Phi) is 4.83. The summed E-state index contributed by atoms with van der Waals surface area (Å²) < 4.78 is 49.8. The molecule has 0 spiro atoms. The lowest BCUT2D eigenvalue weighted by atomic mass is 10.1. The fourth-order valence-corrected chi connectivity index (χ4v) is 8.78. The lowest BCUT2D eigenvalue weighted by molar-refractivity contribution is 0.527. The Bertz CT molecular complexity index is 901. The molecule has 0 radical (unpaired) electrons. The van der Waals surface area contributed by atoms with E-state index in [1.807, 2.05) is 31.2 Å². The van der Waals surface area contributed by atoms with E-state index in [0.29, 0.717) is 6.54 Å². The van der Waals surface area contributed by atoms with E-state index in [9.17, 15) is 16.8 Å². The second-order valence-electron chi connectivity index (χ2n) is 6.07. The van der Waals surface area contributed by atoms with E-state index in [2.05, 4.69) is 5.32 Å². The van der Waals surface area contributed by atoms with Gasteiger partial charge >= 0.3 is 0 Å². The molecule has 2 unspecified atom stereocenters. The molecule has 1 saturated heterocycles. The molecule has 0 amide bonds. The molecule has 3 rings (SSSR count). The SMILES string of the molecule is Cc1ccc(CNC2CS(=O)(=O)CC2S(=O)(=O)c2cccs2)cc1. The van der Waals surface area contributed by atoms with Crippen LogP contribution in [0.5, 0.6) is 0 Å². The number of aryl methyl sites for hydroxylation is 1. The first-order chi connectivity index (χ1) is 11.3. The molecule has 0 aliphatic carbocycles. The topological polar surface area (TPSA) is 80.3 Å². The standard InChI is InChI=1S/C16H19NO4S3/c1-12-4-6-13(7-5-12)9-17-14-10-23(18,19)11-15(14)24(20,21)16-3-2-8-22-16/h2-8,14-15,17H,9-11H2,1H3. The van der Waals surface area contributed by atoms with Gasteiger partial charge in [-0.05, 0) is 23.9 Å². The van der Waals surface area contributed by atoms with Gasteiger partial charge in [-0.2, -0.15) is 0 Å². The minimum Gasteiger partial charge on any atom is -0.308 e. The molecule has 1 fully saturated rings. The van der Waals surface area contributed by atoms with Crippen molar-refractivity contribution in [1.29, 1.82) is 0 Å². The van der Waals surface area contributed by atoms with Crippen molar-refractivity contribution >= 4 is 31.0 Å². The highest BCUT2D eigenvalue weighted by Gasteiger charge is 2.45. The minimum atomic E-state index is -3.65. The maximum absolute atomic E-state index is 12.8. The number of hydrogen-bond donors (Lipinski definition) is 1. The van der Waals surface area contributed by atoms with Crippen molar-refractivity contribution in [2.45, 2.75) is 29.0 Å². The first kappa shape index (κ1) is 17.6. The molecule has 1 N–H and O–H groups in total. The van der Waals surface area contributed by atoms with Crippen LogP contribution in [0.2, 0.25) is 0 Å². The quantitative estimate of drug-likeness (QED) is 0.849. The van der Waals surface area contributed by atoms with E-state index >= 15 is 0 Å². The van der Waals surface area contributed by atoms with Gasteiger partial charge in [0.25, 0.3) is 0 Å². The van der Waals surface area contributed by atoms with Crippen molar-refractivity contribution in [2.24, 2.45) is 0 Å². The Hall–Kier alpha value is -1.22. The third-order valence-corrected chi connectivity index (χ3v) is 9.74. The van der Waals surface area contributed by atoms with Gasteiger partial charge in [-0.3, -0.25) is 0 Å². The van der Waals surface area contributed by atoms with E-state index < -0.39 is 31.0 Å². The van der Waals surface area contributed by atoms with E-state index in [4.69, 9.17) is 0 Å². The summed E-state index contributed by atoms with van der Waals surface area (Å²) in [5.41, 5.74) is 2.14. The summed E-state index contributed by atoms with van der Waals surface area (Å²) in [6.45, 7) is 2.43. The van der Waals surface area contributed by atoms with Crippen LogP contribution in [0.4, 0.5) is 0 Å². The maximum Gasteiger partial charge on any atom is 0.193 e. The first-order valence-electron chi connectivity index (χ1n) is 7.55. The van der Waals surface area contributed by atoms with Crippen LogP contribution in [-0.4, -0.2) is 39.6 Å². The van der Waals surface area contributed by atoms with Crippen molar-refractivity contribution in [2.75, 3.05) is 11.5 Å². The molecule has 1 aromatic carbocycles. The number of benzene rings is 1. The third kappa shape index (κ3) is 3.72. The summed E-state index contributed by atoms with van der Waals surface area (Å²) in [4.78, 5) is 0. The summed E-state index contributed by atoms with van der Waals surface area (Å²) in [6.07, 6.45) is 0. The zero-order valence-corrected chi connectivity index (χ0v) is 15.6. The molecule has 1 aliphatic rings. The van der Waals surface area contributed by atoms with Crippen LogP contribution in [0.3, 0.4) is 0 Å². The summed E-state index contributed by atoms with van der Waals surface area (Å²) in [7, 11) is -7.02. The molecule has 1 aliphatic heterocycles. The Morgan fingerprint density at radius 2 is 1.88 bits per heavy atom. The lowest BCUT2D eigenvalue weighted by Crippen LogP contribution is -2.42. The molecule has 0 saturated carbocycles. The highest BCUT2D eigenvalue weighted by atomic mass is 32.2. The smallest absolute Gasteiger partial charge is 0.193 e. The average molecular weight is 386 g/mol. The fourth-order valence-electron chi connectivity index (χ4n) is 2.84. The predicted molar refractivity (Wildman–Crippen MR) is 95.8 cm³/mol. The zero-order valence-electron chi connectivity index (χ0n) is 13.2. The Labute approximate surface area is 146 Å². The van der Waals surface area contributed by atoms with E-state index in [-0.39, 0.29) is 15.7 Å². The Morgan fingerprint density at radius 3 is 2.50 bits per heavy atom. The van der Waals surface area contributed by atoms with Crippen LogP contribution in [0, 0.1) is 6.92 Å². The van der Waals surface area contributed by atoms with Crippen molar-refractivity contribution in [3.8, 4) is 0 Å². The molecule has 130 valence electrons. The van der Waals surface area contributed by atoms with Gasteiger partial charge in [0.2, 0.25) is 0 Å². The van der Waals surface area contributed by atoms with Crippen molar-refractivity contribution in [3.05, 3.63) is 52.9 Å². The Morgan fingerprint density at radius 1 is 1.17 bits per heavy atom. The third-order valence-electron chi connectivity index (χ3n) is 4.16. The van der Waals surface area contributed by atoms with Crippen LogP contribution in [-0.2, 0) is 26.2 Å². The summed E-state index contributed by atoms with van der Waals surface area (Å²) in [5, 5.41) is 3.88. The summed E-state index contributed by atoms with van der Waals surface area (Å²) in [5.74, 6) is -0.465. The van der Waals surface area contributed by atoms with Crippen molar-refractivity contribution in [3.63, 3.8) is 0 Å². The molecule has 24 heavy (non-hydrogen) atoms. The molecular weight excluding hydrogens is 366 g/mol. The van der Waals surface area contributed by atoms with Crippen LogP contribution >= 0.6 is 11.3 Å². The molecule has 2 aromatic rings. The number of sulfone groups is 2. The number of hydrogen-bond acceptors (Lipinski definition) is 6. The van der Waals surface area contributed by atoms with Gasteiger partial charge in [0.15, 0.2) is 19.7 Å². The predicted octanol–water partition coefficient (Wildman–Crippen LogP) is 1.79. The number of nitrogens with one attached hydrogen (secondary N) is 1. The monoisotopic (exact) mass is 385 g/mol. The molecule has 5 nitrogen and oxygen atoms in total. The molecular formula is C16H19NO4S3. The van der Waals surface area contributed by atoms with Crippen LogP contribution in [0.1, 0.15) is 11.1 Å². The number of rotatable bonds is 5. The van der Waals surface area contributed by atoms with Gasteiger partial charge in [0.05, 0.1) is 16.8 Å². The van der Waals surface area contributed by atoms with Crippen LogP contribution in [0.25, 0.3) is 0 Å². The highest BCUT2D eigenvalue weighted by Crippen LogP contribution is 2.28. The van der Waals surface area contributed by atoms with E-state index in [1.54, 1.807) is 11.4 Å². The second-order valence-corrected chi connectivity index (χ2v) is 11.6. The van der Waals surface area contributed by atoms with Crippen LogP contribution < -0.4 is 5.32 Å². The van der Waals surface area contributed by atoms with E-state index in [0.717, 1.165) is 22.5 Å². The lowest BCUT2D eigenvalue weighted by Gasteiger charge is -2.19. The molecule has 2 heterocycles. The first-order valence-corrected chi connectivity index (χ1v) is 11.8. The molecule has 2 atom stereocenters. The minimum absolute atomic E-state index is 0.145. The normalized spacial score (nSPS) is 23.4. The summed E-state index contributed by atoms with van der Waals surface area (Å²) in [6, 6.07) is 10.5. The molecule has 1 aromatic heterocycles. The average Bonchev–Trinajstić information content (AvgIpc) is 3.15. The fraction of sp³-hybridized carbons (Fsp3) is 0.375.